The Morgan fingerprint density at radius 2 is 1.72 bits per heavy atom. The van der Waals surface area contributed by atoms with Gasteiger partial charge in [-0.15, -0.1) is 0 Å². The molecule has 2 rings (SSSR count). The maximum absolute atomic E-state index is 5.89. The van der Waals surface area contributed by atoms with E-state index in [4.69, 9.17) is 11.6 Å². The van der Waals surface area contributed by atoms with Crippen LogP contribution in [0.3, 0.4) is 0 Å². The highest BCUT2D eigenvalue weighted by Crippen LogP contribution is 2.29. The fourth-order valence-corrected chi connectivity index (χ4v) is 2.98. The Morgan fingerprint density at radius 1 is 1.11 bits per heavy atom. The molecular formula is C16H24ClN. The summed E-state index contributed by atoms with van der Waals surface area (Å²) < 4.78 is 0. The lowest BCUT2D eigenvalue weighted by molar-refractivity contribution is 0.238. The highest BCUT2D eigenvalue weighted by molar-refractivity contribution is 6.30. The van der Waals surface area contributed by atoms with Gasteiger partial charge in [-0.3, -0.25) is 0 Å². The number of benzene rings is 1. The van der Waals surface area contributed by atoms with Crippen LogP contribution in [0.1, 0.15) is 45.1 Å². The van der Waals surface area contributed by atoms with Crippen LogP contribution < -0.4 is 5.32 Å². The SMILES string of the molecule is CC(C)C1CCC(NCc2ccc(Cl)cc2)CC1. The van der Waals surface area contributed by atoms with Crippen molar-refractivity contribution < 1.29 is 0 Å². The van der Waals surface area contributed by atoms with Crippen LogP contribution >= 0.6 is 11.6 Å². The third-order valence-electron chi connectivity index (χ3n) is 4.22. The summed E-state index contributed by atoms with van der Waals surface area (Å²) in [7, 11) is 0. The van der Waals surface area contributed by atoms with Crippen molar-refractivity contribution in [2.75, 3.05) is 0 Å². The zero-order valence-corrected chi connectivity index (χ0v) is 12.2. The van der Waals surface area contributed by atoms with E-state index in [2.05, 4.69) is 31.3 Å². The predicted molar refractivity (Wildman–Crippen MR) is 78.9 cm³/mol. The summed E-state index contributed by atoms with van der Waals surface area (Å²) in [5.41, 5.74) is 1.32. The van der Waals surface area contributed by atoms with Gasteiger partial charge in [0.1, 0.15) is 0 Å². The molecule has 0 aliphatic heterocycles. The van der Waals surface area contributed by atoms with E-state index >= 15 is 0 Å². The molecule has 1 aromatic carbocycles. The van der Waals surface area contributed by atoms with Crippen molar-refractivity contribution in [1.29, 1.82) is 0 Å². The topological polar surface area (TPSA) is 12.0 Å². The van der Waals surface area contributed by atoms with Crippen molar-refractivity contribution in [3.63, 3.8) is 0 Å². The van der Waals surface area contributed by atoms with E-state index in [1.165, 1.54) is 31.2 Å². The van der Waals surface area contributed by atoms with Crippen LogP contribution in [0, 0.1) is 11.8 Å². The fourth-order valence-electron chi connectivity index (χ4n) is 2.85. The predicted octanol–water partition coefficient (Wildman–Crippen LogP) is 4.64. The molecule has 0 heterocycles. The summed E-state index contributed by atoms with van der Waals surface area (Å²) in [6.45, 7) is 5.67. The number of nitrogens with one attached hydrogen (secondary N) is 1. The van der Waals surface area contributed by atoms with Gasteiger partial charge in [0, 0.05) is 17.6 Å². The number of rotatable bonds is 4. The molecule has 0 spiro atoms. The molecule has 0 aromatic heterocycles. The second-order valence-corrected chi connectivity index (χ2v) is 6.30. The Bertz CT molecular complexity index is 350. The lowest BCUT2D eigenvalue weighted by atomic mass is 9.80. The van der Waals surface area contributed by atoms with E-state index in [1.807, 2.05) is 12.1 Å². The van der Waals surface area contributed by atoms with Crippen molar-refractivity contribution in [3.05, 3.63) is 34.9 Å². The summed E-state index contributed by atoms with van der Waals surface area (Å²) in [4.78, 5) is 0. The second-order valence-electron chi connectivity index (χ2n) is 5.86. The van der Waals surface area contributed by atoms with Crippen LogP contribution in [0.2, 0.25) is 5.02 Å². The first-order valence-electron chi connectivity index (χ1n) is 7.13. The van der Waals surface area contributed by atoms with Gasteiger partial charge < -0.3 is 5.32 Å². The van der Waals surface area contributed by atoms with Crippen molar-refractivity contribution in [3.8, 4) is 0 Å². The quantitative estimate of drug-likeness (QED) is 0.836. The molecule has 18 heavy (non-hydrogen) atoms. The largest absolute Gasteiger partial charge is 0.310 e. The van der Waals surface area contributed by atoms with Crippen molar-refractivity contribution in [1.82, 2.24) is 5.32 Å². The zero-order valence-electron chi connectivity index (χ0n) is 11.5. The van der Waals surface area contributed by atoms with Crippen LogP contribution in [-0.4, -0.2) is 6.04 Å². The highest BCUT2D eigenvalue weighted by atomic mass is 35.5. The van der Waals surface area contributed by atoms with Crippen molar-refractivity contribution >= 4 is 11.6 Å². The van der Waals surface area contributed by atoms with Gasteiger partial charge in [0.15, 0.2) is 0 Å². The molecule has 1 aromatic rings. The monoisotopic (exact) mass is 265 g/mol. The summed E-state index contributed by atoms with van der Waals surface area (Å²) in [6, 6.07) is 8.85. The Morgan fingerprint density at radius 3 is 2.28 bits per heavy atom. The van der Waals surface area contributed by atoms with Gasteiger partial charge in [0.2, 0.25) is 0 Å². The van der Waals surface area contributed by atoms with Crippen molar-refractivity contribution in [2.24, 2.45) is 11.8 Å². The first kappa shape index (κ1) is 13.9. The molecule has 0 atom stereocenters. The van der Waals surface area contributed by atoms with E-state index in [1.54, 1.807) is 0 Å². The molecule has 0 amide bonds. The van der Waals surface area contributed by atoms with E-state index in [9.17, 15) is 0 Å². The van der Waals surface area contributed by atoms with E-state index in [-0.39, 0.29) is 0 Å². The summed E-state index contributed by atoms with van der Waals surface area (Å²) in [5, 5.41) is 4.49. The van der Waals surface area contributed by atoms with Crippen LogP contribution in [0.4, 0.5) is 0 Å². The fraction of sp³-hybridized carbons (Fsp3) is 0.625. The van der Waals surface area contributed by atoms with Gasteiger partial charge in [0.25, 0.3) is 0 Å². The summed E-state index contributed by atoms with van der Waals surface area (Å²) >= 11 is 5.89. The van der Waals surface area contributed by atoms with Gasteiger partial charge in [-0.2, -0.15) is 0 Å². The van der Waals surface area contributed by atoms with Crippen LogP contribution in [0.25, 0.3) is 0 Å². The first-order valence-corrected chi connectivity index (χ1v) is 7.51. The Hall–Kier alpha value is -0.530. The van der Waals surface area contributed by atoms with Gasteiger partial charge in [-0.05, 0) is 55.2 Å². The molecule has 2 heteroatoms. The number of halogens is 1. The maximum Gasteiger partial charge on any atom is 0.0406 e. The molecule has 1 aliphatic rings. The van der Waals surface area contributed by atoms with Gasteiger partial charge in [-0.25, -0.2) is 0 Å². The van der Waals surface area contributed by atoms with E-state index in [0.717, 1.165) is 23.4 Å². The molecule has 0 radical (unpaired) electrons. The molecule has 100 valence electrons. The van der Waals surface area contributed by atoms with E-state index in [0.29, 0.717) is 6.04 Å². The van der Waals surface area contributed by atoms with Gasteiger partial charge in [0.05, 0.1) is 0 Å². The van der Waals surface area contributed by atoms with Crippen LogP contribution in [-0.2, 0) is 6.54 Å². The number of hydrogen-bond acceptors (Lipinski definition) is 1. The zero-order chi connectivity index (χ0) is 13.0. The van der Waals surface area contributed by atoms with Gasteiger partial charge in [-0.1, -0.05) is 37.6 Å². The molecule has 0 unspecified atom stereocenters. The van der Waals surface area contributed by atoms with Gasteiger partial charge >= 0.3 is 0 Å². The lowest BCUT2D eigenvalue weighted by Gasteiger charge is -2.31. The minimum atomic E-state index is 0.704. The first-order chi connectivity index (χ1) is 8.65. The Balaban J connectivity index is 1.74. The minimum absolute atomic E-state index is 0.704. The average Bonchev–Trinajstić information content (AvgIpc) is 2.38. The van der Waals surface area contributed by atoms with E-state index < -0.39 is 0 Å². The molecular weight excluding hydrogens is 242 g/mol. The van der Waals surface area contributed by atoms with Crippen LogP contribution in [0.15, 0.2) is 24.3 Å². The smallest absolute Gasteiger partial charge is 0.0406 e. The summed E-state index contributed by atoms with van der Waals surface area (Å²) in [6.07, 6.45) is 5.43. The molecule has 1 aliphatic carbocycles. The van der Waals surface area contributed by atoms with Crippen molar-refractivity contribution in [2.45, 2.75) is 52.1 Å². The normalized spacial score (nSPS) is 24.4. The third-order valence-corrected chi connectivity index (χ3v) is 4.47. The summed E-state index contributed by atoms with van der Waals surface area (Å²) in [5.74, 6) is 1.79. The lowest BCUT2D eigenvalue weighted by Crippen LogP contribution is -2.33. The molecule has 0 saturated heterocycles. The van der Waals surface area contributed by atoms with Crippen LogP contribution in [0.5, 0.6) is 0 Å². The maximum atomic E-state index is 5.89. The highest BCUT2D eigenvalue weighted by Gasteiger charge is 2.22. The number of hydrogen-bond donors (Lipinski definition) is 1. The Kier molecular flexibility index (Phi) is 5.08. The molecule has 1 N–H and O–H groups in total. The standard InChI is InChI=1S/C16H24ClN/c1-12(2)14-5-9-16(10-6-14)18-11-13-3-7-15(17)8-4-13/h3-4,7-8,12,14,16,18H,5-6,9-11H2,1-2H3. The minimum Gasteiger partial charge on any atom is -0.310 e. The molecule has 1 nitrogen and oxygen atoms in total. The second kappa shape index (κ2) is 6.58. The third kappa shape index (κ3) is 4.00. The Labute approximate surface area is 116 Å². The molecule has 0 bridgehead atoms. The molecule has 1 saturated carbocycles. The average molecular weight is 266 g/mol. The molecule has 1 fully saturated rings.